The first kappa shape index (κ1) is 11.6. The second kappa shape index (κ2) is 4.14. The maximum Gasteiger partial charge on any atom is 0.323 e. The highest BCUT2D eigenvalue weighted by Crippen LogP contribution is 2.43. The molecule has 0 bridgehead atoms. The van der Waals surface area contributed by atoms with Crippen molar-refractivity contribution in [3.63, 3.8) is 0 Å². The van der Waals surface area contributed by atoms with Crippen molar-refractivity contribution in [3.8, 4) is 0 Å². The molecule has 7 heteroatoms. The Labute approximate surface area is 114 Å². The lowest BCUT2D eigenvalue weighted by Crippen LogP contribution is -2.51. The molecule has 19 heavy (non-hydrogen) atoms. The molecule has 2 heterocycles. The molecule has 0 radical (unpaired) electrons. The Bertz CT molecular complexity index is 516. The van der Waals surface area contributed by atoms with Gasteiger partial charge in [-0.2, -0.15) is 0 Å². The van der Waals surface area contributed by atoms with Crippen LogP contribution in [-0.2, 0) is 0 Å². The van der Waals surface area contributed by atoms with Crippen LogP contribution in [-0.4, -0.2) is 44.9 Å². The summed E-state index contributed by atoms with van der Waals surface area (Å²) in [5.41, 5.74) is 0. The van der Waals surface area contributed by atoms with E-state index in [0.29, 0.717) is 17.5 Å². The topological polar surface area (TPSA) is 78.4 Å². The number of likely N-dealkylation sites (tertiary alicyclic amines) is 1. The molecule has 102 valence electrons. The summed E-state index contributed by atoms with van der Waals surface area (Å²) in [6, 6.07) is 0.115. The number of urea groups is 1. The van der Waals surface area contributed by atoms with Crippen molar-refractivity contribution in [1.29, 1.82) is 0 Å². The van der Waals surface area contributed by atoms with E-state index in [9.17, 15) is 9.90 Å². The molecule has 6 nitrogen and oxygen atoms in total. The molecule has 3 fully saturated rings. The maximum atomic E-state index is 12.2. The van der Waals surface area contributed by atoms with Gasteiger partial charge in [0.25, 0.3) is 0 Å². The molecule has 2 amide bonds. The van der Waals surface area contributed by atoms with Gasteiger partial charge in [-0.25, -0.2) is 4.79 Å². The summed E-state index contributed by atoms with van der Waals surface area (Å²) >= 11 is 1.48. The van der Waals surface area contributed by atoms with E-state index in [0.717, 1.165) is 18.0 Å². The molecule has 1 aromatic rings. The van der Waals surface area contributed by atoms with Crippen LogP contribution in [0, 0.1) is 5.92 Å². The summed E-state index contributed by atoms with van der Waals surface area (Å²) in [7, 11) is 0. The number of fused-ring (bicyclic) bond motifs is 1. The van der Waals surface area contributed by atoms with E-state index in [1.807, 2.05) is 4.90 Å². The van der Waals surface area contributed by atoms with Crippen molar-refractivity contribution < 1.29 is 9.90 Å². The average molecular weight is 280 g/mol. The Morgan fingerprint density at radius 1 is 1.37 bits per heavy atom. The Morgan fingerprint density at radius 2 is 2.21 bits per heavy atom. The number of nitrogens with zero attached hydrogens (tertiary/aromatic N) is 3. The van der Waals surface area contributed by atoms with E-state index in [2.05, 4.69) is 15.5 Å². The highest BCUT2D eigenvalue weighted by atomic mass is 32.1. The number of aliphatic hydroxyl groups is 1. The Balaban J connectivity index is 1.40. The number of anilines is 1. The number of nitrogens with one attached hydrogen (secondary N) is 1. The summed E-state index contributed by atoms with van der Waals surface area (Å²) in [4.78, 5) is 14.0. The summed E-state index contributed by atoms with van der Waals surface area (Å²) < 4.78 is 0. The molecule has 2 N–H and O–H groups in total. The Hall–Kier alpha value is -1.21. The molecule has 1 saturated heterocycles. The van der Waals surface area contributed by atoms with Crippen LogP contribution < -0.4 is 5.32 Å². The van der Waals surface area contributed by atoms with Gasteiger partial charge in [-0.05, 0) is 25.7 Å². The van der Waals surface area contributed by atoms with E-state index < -0.39 is 0 Å². The number of rotatable bonds is 2. The quantitative estimate of drug-likeness (QED) is 0.858. The Kier molecular flexibility index (Phi) is 2.53. The third kappa shape index (κ3) is 1.92. The lowest BCUT2D eigenvalue weighted by molar-refractivity contribution is -0.0101. The van der Waals surface area contributed by atoms with E-state index in [4.69, 9.17) is 0 Å². The Morgan fingerprint density at radius 3 is 2.89 bits per heavy atom. The molecular formula is C12H16N4O2S. The van der Waals surface area contributed by atoms with E-state index >= 15 is 0 Å². The van der Waals surface area contributed by atoms with Gasteiger partial charge in [0, 0.05) is 24.4 Å². The zero-order chi connectivity index (χ0) is 13.0. The van der Waals surface area contributed by atoms with Crippen molar-refractivity contribution in [1.82, 2.24) is 15.1 Å². The first-order valence-corrected chi connectivity index (χ1v) is 7.63. The van der Waals surface area contributed by atoms with Crippen LogP contribution in [0.5, 0.6) is 0 Å². The van der Waals surface area contributed by atoms with Gasteiger partial charge in [0.1, 0.15) is 5.01 Å². The zero-order valence-electron chi connectivity index (χ0n) is 10.5. The molecule has 0 spiro atoms. The van der Waals surface area contributed by atoms with Crippen LogP contribution in [0.1, 0.15) is 36.6 Å². The van der Waals surface area contributed by atoms with Crippen molar-refractivity contribution in [2.75, 3.05) is 11.9 Å². The highest BCUT2D eigenvalue weighted by molar-refractivity contribution is 7.15. The van der Waals surface area contributed by atoms with Gasteiger partial charge in [0.15, 0.2) is 0 Å². The van der Waals surface area contributed by atoms with Gasteiger partial charge < -0.3 is 10.0 Å². The van der Waals surface area contributed by atoms with Crippen molar-refractivity contribution in [2.24, 2.45) is 5.92 Å². The predicted molar refractivity (Wildman–Crippen MR) is 70.1 cm³/mol. The molecule has 4 rings (SSSR count). The van der Waals surface area contributed by atoms with Crippen molar-refractivity contribution in [2.45, 2.75) is 43.7 Å². The second-order valence-corrected chi connectivity index (χ2v) is 6.68. The number of carbonyl (C=O) groups excluding carboxylic acids is 1. The zero-order valence-corrected chi connectivity index (χ0v) is 11.3. The minimum absolute atomic E-state index is 0.0992. The third-order valence-electron chi connectivity index (χ3n) is 4.42. The van der Waals surface area contributed by atoms with Gasteiger partial charge in [0.05, 0.1) is 6.10 Å². The fourth-order valence-electron chi connectivity index (χ4n) is 3.05. The van der Waals surface area contributed by atoms with Crippen LogP contribution in [0.3, 0.4) is 0 Å². The van der Waals surface area contributed by atoms with Gasteiger partial charge >= 0.3 is 6.03 Å². The molecule has 1 aromatic heterocycles. The smallest absolute Gasteiger partial charge is 0.323 e. The first-order chi connectivity index (χ1) is 9.22. The lowest BCUT2D eigenvalue weighted by atomic mass is 9.77. The summed E-state index contributed by atoms with van der Waals surface area (Å²) in [6.45, 7) is 0.729. The summed E-state index contributed by atoms with van der Waals surface area (Å²) in [5.74, 6) is 0.850. The van der Waals surface area contributed by atoms with Crippen LogP contribution in [0.4, 0.5) is 9.93 Å². The number of carbonyl (C=O) groups is 1. The third-order valence-corrected chi connectivity index (χ3v) is 5.42. The number of aliphatic hydroxyl groups excluding tert-OH is 1. The fourth-order valence-corrected chi connectivity index (χ4v) is 3.95. The number of hydrogen-bond acceptors (Lipinski definition) is 5. The first-order valence-electron chi connectivity index (χ1n) is 6.81. The van der Waals surface area contributed by atoms with E-state index in [1.54, 1.807) is 0 Å². The number of hydrogen-bond donors (Lipinski definition) is 2. The van der Waals surface area contributed by atoms with E-state index in [1.165, 1.54) is 24.2 Å². The summed E-state index contributed by atoms with van der Waals surface area (Å²) in [5, 5.41) is 22.2. The van der Waals surface area contributed by atoms with Crippen LogP contribution >= 0.6 is 11.3 Å². The van der Waals surface area contributed by atoms with Crippen LogP contribution in [0.2, 0.25) is 0 Å². The van der Waals surface area contributed by atoms with Gasteiger partial charge in [0.2, 0.25) is 5.13 Å². The molecule has 1 aliphatic heterocycles. The predicted octanol–water partition coefficient (Wildman–Crippen LogP) is 1.40. The SMILES string of the molecule is O=C(Nc1nnc(C2CC2)s1)N1CC[C@H]2[C@H](O)C[C@H]21. The highest BCUT2D eigenvalue weighted by Gasteiger charge is 2.49. The van der Waals surface area contributed by atoms with Gasteiger partial charge in [-0.3, -0.25) is 5.32 Å². The average Bonchev–Trinajstić information content (AvgIpc) is 3.03. The second-order valence-electron chi connectivity index (χ2n) is 5.67. The monoisotopic (exact) mass is 280 g/mol. The normalized spacial score (nSPS) is 32.9. The minimum Gasteiger partial charge on any atom is -0.393 e. The molecular weight excluding hydrogens is 264 g/mol. The standard InChI is InChI=1S/C12H16N4O2S/c17-9-5-8-7(9)3-4-16(8)12(18)13-11-15-14-10(19-11)6-1-2-6/h6-9,17H,1-5H2,(H,13,15,18)/t7-,8-,9-/m1/s1. The van der Waals surface area contributed by atoms with Crippen LogP contribution in [0.15, 0.2) is 0 Å². The number of aromatic nitrogens is 2. The minimum atomic E-state index is -0.217. The molecule has 3 atom stereocenters. The summed E-state index contributed by atoms with van der Waals surface area (Å²) in [6.07, 6.45) is 3.78. The van der Waals surface area contributed by atoms with Crippen molar-refractivity contribution >= 4 is 22.5 Å². The maximum absolute atomic E-state index is 12.2. The lowest BCUT2D eigenvalue weighted by Gasteiger charge is -2.40. The molecule has 2 saturated carbocycles. The van der Waals surface area contributed by atoms with Gasteiger partial charge in [-0.15, -0.1) is 10.2 Å². The molecule has 0 aromatic carbocycles. The fraction of sp³-hybridized carbons (Fsp3) is 0.750. The van der Waals surface area contributed by atoms with E-state index in [-0.39, 0.29) is 24.1 Å². The number of amides is 2. The molecule has 2 aliphatic carbocycles. The molecule has 0 unspecified atom stereocenters. The molecule has 3 aliphatic rings. The van der Waals surface area contributed by atoms with Crippen LogP contribution in [0.25, 0.3) is 0 Å². The largest absolute Gasteiger partial charge is 0.393 e. The van der Waals surface area contributed by atoms with Gasteiger partial charge in [-0.1, -0.05) is 11.3 Å². The van der Waals surface area contributed by atoms with Crippen molar-refractivity contribution in [3.05, 3.63) is 5.01 Å².